The van der Waals surface area contributed by atoms with Crippen LogP contribution in [0.1, 0.15) is 32.1 Å². The molecule has 1 aromatic rings. The van der Waals surface area contributed by atoms with E-state index in [1.165, 1.54) is 10.4 Å². The van der Waals surface area contributed by atoms with Crippen molar-refractivity contribution in [2.75, 3.05) is 30.3 Å². The summed E-state index contributed by atoms with van der Waals surface area (Å²) in [6.45, 7) is 1.77. The summed E-state index contributed by atoms with van der Waals surface area (Å²) in [4.78, 5) is 13.6. The van der Waals surface area contributed by atoms with Crippen molar-refractivity contribution in [1.82, 2.24) is 4.31 Å². The van der Waals surface area contributed by atoms with Crippen molar-refractivity contribution in [2.45, 2.75) is 37.0 Å². The van der Waals surface area contributed by atoms with Gasteiger partial charge < -0.3 is 35.4 Å². The third-order valence-corrected chi connectivity index (χ3v) is 6.21. The first kappa shape index (κ1) is 24.8. The Morgan fingerprint density at radius 2 is 1.60 bits per heavy atom. The van der Waals surface area contributed by atoms with Gasteiger partial charge in [0.05, 0.1) is 16.3 Å². The molecule has 0 unspecified atom stereocenters. The normalized spacial score (nSPS) is 18.1. The van der Waals surface area contributed by atoms with Crippen molar-refractivity contribution in [3.63, 3.8) is 0 Å². The number of hydrogen-bond donors (Lipinski definition) is 1. The molecule has 1 aromatic carbocycles. The predicted octanol–water partition coefficient (Wildman–Crippen LogP) is -4.80. The fourth-order valence-corrected chi connectivity index (χ4v) is 4.65. The van der Waals surface area contributed by atoms with E-state index in [9.17, 15) is 13.2 Å². The molecule has 2 fully saturated rings. The number of benzene rings is 1. The van der Waals surface area contributed by atoms with E-state index in [0.29, 0.717) is 37.4 Å². The Morgan fingerprint density at radius 1 is 0.960 bits per heavy atom. The minimum Gasteiger partial charge on any atom is -1.00 e. The summed E-state index contributed by atoms with van der Waals surface area (Å²) in [6, 6.07) is 4.68. The van der Waals surface area contributed by atoms with Crippen LogP contribution in [0.5, 0.6) is 0 Å². The van der Waals surface area contributed by atoms with Gasteiger partial charge in [-0.05, 0) is 37.5 Å². The maximum atomic E-state index is 12.6. The number of nitrogen functional groups attached to an aromatic ring is 1. The van der Waals surface area contributed by atoms with E-state index in [2.05, 4.69) is 0 Å². The largest absolute Gasteiger partial charge is 2.00 e. The van der Waals surface area contributed by atoms with Crippen molar-refractivity contribution in [3.05, 3.63) is 18.2 Å². The van der Waals surface area contributed by atoms with Crippen LogP contribution in [-0.4, -0.2) is 62.2 Å². The average Bonchev–Trinajstić information content (AvgIpc) is 2.94. The number of halogens is 2. The van der Waals surface area contributed by atoms with Gasteiger partial charge in [-0.15, -0.1) is 0 Å². The second-order valence-electron chi connectivity index (χ2n) is 5.83. The monoisotopic (exact) mass is 513 g/mol. The molecular weight excluding hydrogens is 492 g/mol. The molecule has 0 bridgehead atoms. The Morgan fingerprint density at radius 3 is 2.12 bits per heavy atom. The molecule has 2 N–H and O–H groups in total. The molecule has 2 aliphatic rings. The average molecular weight is 513 g/mol. The van der Waals surface area contributed by atoms with Gasteiger partial charge in [-0.1, -0.05) is 6.42 Å². The minimum atomic E-state index is -3.49. The summed E-state index contributed by atoms with van der Waals surface area (Å²) in [5.41, 5.74) is 6.97. The first-order valence-corrected chi connectivity index (χ1v) is 9.14. The van der Waals surface area contributed by atoms with Crippen molar-refractivity contribution < 1.29 is 38.0 Å². The van der Waals surface area contributed by atoms with Gasteiger partial charge in [-0.3, -0.25) is 4.79 Å². The Balaban J connectivity index is 0.00000192. The molecule has 0 aliphatic carbocycles. The SMILES string of the molecule is Nc1cc(S(=O)(=O)N2CCCCC2)ccc1N1CCCC1=O.[Cl-].[Cl-].[Sn+2]. The van der Waals surface area contributed by atoms with Gasteiger partial charge in [0.2, 0.25) is 15.9 Å². The molecule has 2 radical (unpaired) electrons. The van der Waals surface area contributed by atoms with Crippen LogP contribution in [0.25, 0.3) is 0 Å². The quantitative estimate of drug-likeness (QED) is 0.325. The van der Waals surface area contributed by atoms with E-state index in [1.807, 2.05) is 0 Å². The number of carbonyl (C=O) groups excluding carboxylic acids is 1. The number of sulfonamides is 1. The molecule has 2 aliphatic heterocycles. The number of anilines is 2. The summed E-state index contributed by atoms with van der Waals surface area (Å²) >= 11 is 0. The molecule has 3 rings (SSSR count). The summed E-state index contributed by atoms with van der Waals surface area (Å²) in [6.07, 6.45) is 4.20. The second-order valence-corrected chi connectivity index (χ2v) is 7.77. The number of hydrogen-bond acceptors (Lipinski definition) is 4. The van der Waals surface area contributed by atoms with Gasteiger partial charge in [0, 0.05) is 26.1 Å². The smallest absolute Gasteiger partial charge is 1.00 e. The van der Waals surface area contributed by atoms with Crippen LogP contribution in [0.2, 0.25) is 0 Å². The van der Waals surface area contributed by atoms with E-state index in [-0.39, 0.29) is 59.5 Å². The maximum Gasteiger partial charge on any atom is 2.00 e. The zero-order valence-corrected chi connectivity index (χ0v) is 18.9. The Labute approximate surface area is 178 Å². The van der Waals surface area contributed by atoms with Crippen LogP contribution in [0.3, 0.4) is 0 Å². The van der Waals surface area contributed by atoms with Gasteiger partial charge in [0.1, 0.15) is 0 Å². The zero-order chi connectivity index (χ0) is 15.7. The Bertz CT molecular complexity index is 697. The molecule has 0 atom stereocenters. The number of nitrogens with two attached hydrogens (primary N) is 1. The number of carbonyl (C=O) groups is 1. The van der Waals surface area contributed by atoms with Crippen molar-refractivity contribution in [2.24, 2.45) is 0 Å². The molecular formula is C15H21Cl2N3O3SSn. The number of amides is 1. The summed E-state index contributed by atoms with van der Waals surface area (Å²) < 4.78 is 26.8. The first-order valence-electron chi connectivity index (χ1n) is 7.70. The fraction of sp³-hybridized carbons (Fsp3) is 0.533. The van der Waals surface area contributed by atoms with Gasteiger partial charge in [-0.25, -0.2) is 8.42 Å². The third kappa shape index (κ3) is 5.15. The van der Waals surface area contributed by atoms with Crippen LogP contribution < -0.4 is 35.4 Å². The topological polar surface area (TPSA) is 83.7 Å². The number of piperidine rings is 1. The second kappa shape index (κ2) is 10.2. The predicted molar refractivity (Wildman–Crippen MR) is 90.8 cm³/mol. The first-order chi connectivity index (χ1) is 10.5. The van der Waals surface area contributed by atoms with Crippen molar-refractivity contribution in [1.29, 1.82) is 0 Å². The number of nitrogens with zero attached hydrogens (tertiary/aromatic N) is 2. The van der Waals surface area contributed by atoms with Crippen LogP contribution in [0, 0.1) is 0 Å². The van der Waals surface area contributed by atoms with E-state index in [1.54, 1.807) is 17.0 Å². The van der Waals surface area contributed by atoms with Crippen LogP contribution >= 0.6 is 0 Å². The van der Waals surface area contributed by atoms with E-state index in [4.69, 9.17) is 5.73 Å². The molecule has 0 aromatic heterocycles. The van der Waals surface area contributed by atoms with Gasteiger partial charge in [-0.2, -0.15) is 4.31 Å². The van der Waals surface area contributed by atoms with Crippen LogP contribution in [0.4, 0.5) is 11.4 Å². The van der Waals surface area contributed by atoms with E-state index < -0.39 is 10.0 Å². The maximum absolute atomic E-state index is 12.6. The van der Waals surface area contributed by atoms with Crippen molar-refractivity contribution in [3.8, 4) is 0 Å². The fourth-order valence-electron chi connectivity index (χ4n) is 3.10. The van der Waals surface area contributed by atoms with Gasteiger partial charge in [0.25, 0.3) is 0 Å². The van der Waals surface area contributed by atoms with Gasteiger partial charge in [0.15, 0.2) is 0 Å². The zero-order valence-electron chi connectivity index (χ0n) is 13.7. The third-order valence-electron chi connectivity index (χ3n) is 4.32. The molecule has 0 spiro atoms. The molecule has 2 saturated heterocycles. The molecule has 25 heavy (non-hydrogen) atoms. The van der Waals surface area contributed by atoms with Gasteiger partial charge >= 0.3 is 23.9 Å². The molecule has 10 heteroatoms. The van der Waals surface area contributed by atoms with E-state index in [0.717, 1.165) is 25.7 Å². The molecule has 1 amide bonds. The van der Waals surface area contributed by atoms with E-state index >= 15 is 0 Å². The summed E-state index contributed by atoms with van der Waals surface area (Å²) in [7, 11) is -3.49. The van der Waals surface area contributed by atoms with Crippen molar-refractivity contribution >= 4 is 51.2 Å². The van der Waals surface area contributed by atoms with Crippen LogP contribution in [-0.2, 0) is 14.8 Å². The summed E-state index contributed by atoms with van der Waals surface area (Å²) in [5.74, 6) is 0.0401. The summed E-state index contributed by atoms with van der Waals surface area (Å²) in [5, 5.41) is 0. The molecule has 0 saturated carbocycles. The number of rotatable bonds is 3. The molecule has 2 heterocycles. The standard InChI is InChI=1S/C15H21N3O3S.2ClH.Sn/c16-13-11-12(22(20,21)17-8-2-1-3-9-17)6-7-14(13)18-10-4-5-15(18)19;;;/h6-7,11H,1-5,8-10,16H2;2*1H;/q;;;+2/p-2. The Hall–Kier alpha value is -0.221. The minimum absolute atomic E-state index is 0. The molecule has 138 valence electrons. The van der Waals surface area contributed by atoms with Crippen LogP contribution in [0.15, 0.2) is 23.1 Å². The molecule has 6 nitrogen and oxygen atoms in total. The Kier molecular flexibility index (Phi) is 10.1.